The summed E-state index contributed by atoms with van der Waals surface area (Å²) >= 11 is 0. The van der Waals surface area contributed by atoms with Crippen LogP contribution in [0.15, 0.2) is 77.7 Å². The maximum Gasteiger partial charge on any atom is 0.151 e. The Morgan fingerprint density at radius 3 is 2.38 bits per heavy atom. The molecular weight excluding hydrogens is 364 g/mol. The fourth-order valence-corrected chi connectivity index (χ4v) is 3.12. The van der Waals surface area contributed by atoms with Gasteiger partial charge in [0.25, 0.3) is 0 Å². The van der Waals surface area contributed by atoms with Crippen molar-refractivity contribution in [2.75, 3.05) is 19.5 Å². The second kappa shape index (κ2) is 7.87. The lowest BCUT2D eigenvalue weighted by Gasteiger charge is -2.22. The summed E-state index contributed by atoms with van der Waals surface area (Å²) in [4.78, 5) is 9.10. The Balaban J connectivity index is 1.92. The zero-order valence-electron chi connectivity index (χ0n) is 16.0. The van der Waals surface area contributed by atoms with Crippen LogP contribution < -0.4 is 14.8 Å². The van der Waals surface area contributed by atoms with Crippen LogP contribution in [0.5, 0.6) is 11.5 Å². The number of anilines is 1. The van der Waals surface area contributed by atoms with Crippen LogP contribution in [0.4, 0.5) is 5.69 Å². The number of aliphatic imine (C=N–C) groups is 1. The van der Waals surface area contributed by atoms with Crippen LogP contribution in [0, 0.1) is 11.3 Å². The molecule has 6 nitrogen and oxygen atoms in total. The molecular formula is C23H18N4O2. The third kappa shape index (κ3) is 3.54. The summed E-state index contributed by atoms with van der Waals surface area (Å²) in [5.41, 5.74) is 4.31. The van der Waals surface area contributed by atoms with Gasteiger partial charge in [0.15, 0.2) is 5.82 Å². The molecule has 1 aliphatic rings. The Hall–Kier alpha value is -4.11. The lowest BCUT2D eigenvalue weighted by atomic mass is 9.98. The number of ether oxygens (including phenoxy) is 2. The minimum atomic E-state index is 0.366. The topological polar surface area (TPSA) is 79.5 Å². The maximum absolute atomic E-state index is 9.81. The van der Waals surface area contributed by atoms with E-state index in [1.54, 1.807) is 26.5 Å². The fraction of sp³-hybridized carbons (Fsp3) is 0.0870. The average molecular weight is 382 g/mol. The zero-order valence-corrected chi connectivity index (χ0v) is 16.0. The van der Waals surface area contributed by atoms with Crippen molar-refractivity contribution in [2.45, 2.75) is 0 Å². The van der Waals surface area contributed by atoms with Gasteiger partial charge in [-0.3, -0.25) is 4.98 Å². The van der Waals surface area contributed by atoms with Crippen molar-refractivity contribution in [1.82, 2.24) is 4.98 Å². The Morgan fingerprint density at radius 2 is 1.72 bits per heavy atom. The molecule has 0 aliphatic carbocycles. The van der Waals surface area contributed by atoms with E-state index in [4.69, 9.17) is 14.5 Å². The van der Waals surface area contributed by atoms with E-state index in [0.29, 0.717) is 22.8 Å². The number of pyridine rings is 1. The van der Waals surface area contributed by atoms with E-state index in [2.05, 4.69) is 16.4 Å². The molecule has 0 atom stereocenters. The van der Waals surface area contributed by atoms with Gasteiger partial charge in [-0.15, -0.1) is 0 Å². The third-order valence-corrected chi connectivity index (χ3v) is 4.59. The number of benzene rings is 2. The predicted octanol–water partition coefficient (Wildman–Crippen LogP) is 4.25. The maximum atomic E-state index is 9.81. The van der Waals surface area contributed by atoms with E-state index in [1.165, 1.54) is 0 Å². The second-order valence-corrected chi connectivity index (χ2v) is 6.28. The van der Waals surface area contributed by atoms with Crippen LogP contribution >= 0.6 is 0 Å². The van der Waals surface area contributed by atoms with Gasteiger partial charge in [-0.2, -0.15) is 5.26 Å². The molecule has 2 aromatic carbocycles. The first-order valence-electron chi connectivity index (χ1n) is 8.98. The van der Waals surface area contributed by atoms with Crippen molar-refractivity contribution in [3.63, 3.8) is 0 Å². The highest BCUT2D eigenvalue weighted by Crippen LogP contribution is 2.33. The van der Waals surface area contributed by atoms with Crippen molar-refractivity contribution in [3.8, 4) is 17.6 Å². The number of nitriles is 1. The Kier molecular flexibility index (Phi) is 4.95. The van der Waals surface area contributed by atoms with Crippen molar-refractivity contribution >= 4 is 17.0 Å². The summed E-state index contributed by atoms with van der Waals surface area (Å²) < 4.78 is 10.6. The van der Waals surface area contributed by atoms with Gasteiger partial charge < -0.3 is 14.8 Å². The number of rotatable bonds is 4. The molecule has 0 saturated carbocycles. The highest BCUT2D eigenvalue weighted by molar-refractivity contribution is 6.18. The largest absolute Gasteiger partial charge is 0.497 e. The minimum absolute atomic E-state index is 0.366. The van der Waals surface area contributed by atoms with Crippen molar-refractivity contribution in [3.05, 3.63) is 89.5 Å². The van der Waals surface area contributed by atoms with Crippen molar-refractivity contribution < 1.29 is 9.47 Å². The van der Waals surface area contributed by atoms with Crippen LogP contribution in [0.3, 0.4) is 0 Å². The molecule has 1 aliphatic heterocycles. The highest BCUT2D eigenvalue weighted by atomic mass is 16.5. The molecule has 6 heteroatoms. The number of fused-ring (bicyclic) bond motifs is 1. The summed E-state index contributed by atoms with van der Waals surface area (Å²) in [6, 6.07) is 21.1. The monoisotopic (exact) mass is 382 g/mol. The number of aromatic nitrogens is 1. The molecule has 1 aromatic heterocycles. The summed E-state index contributed by atoms with van der Waals surface area (Å²) in [6.45, 7) is 0. The summed E-state index contributed by atoms with van der Waals surface area (Å²) in [7, 11) is 3.25. The molecule has 3 aromatic rings. The first-order chi connectivity index (χ1) is 14.2. The summed E-state index contributed by atoms with van der Waals surface area (Å²) in [5, 5.41) is 13.1. The molecule has 0 radical (unpaired) electrons. The van der Waals surface area contributed by atoms with Crippen LogP contribution in [0.25, 0.3) is 5.57 Å². The summed E-state index contributed by atoms with van der Waals surface area (Å²) in [6.07, 6.45) is 1.65. The molecule has 0 amide bonds. The van der Waals surface area contributed by atoms with E-state index in [0.717, 1.165) is 28.3 Å². The van der Waals surface area contributed by atoms with Crippen molar-refractivity contribution in [1.29, 1.82) is 5.26 Å². The standard InChI is InChI=1S/C23H18N4O2/c1-28-16-8-6-15(7-9-16)22-18-11-10-17(29-2)13-21(18)26-23(27-22)19(14-24)20-5-3-4-12-25-20/h3-13,26H,1-2H3/b23-19+. The van der Waals surface area contributed by atoms with E-state index in [9.17, 15) is 5.26 Å². The number of nitrogens with zero attached hydrogens (tertiary/aromatic N) is 3. The molecule has 0 unspecified atom stereocenters. The Labute approximate surface area is 168 Å². The summed E-state index contributed by atoms with van der Waals surface area (Å²) in [5.74, 6) is 1.92. The van der Waals surface area contributed by atoms with Gasteiger partial charge in [-0.05, 0) is 48.5 Å². The van der Waals surface area contributed by atoms with Gasteiger partial charge in [0, 0.05) is 23.4 Å². The van der Waals surface area contributed by atoms with Gasteiger partial charge in [0.2, 0.25) is 0 Å². The predicted molar refractivity (Wildman–Crippen MR) is 112 cm³/mol. The van der Waals surface area contributed by atoms with E-state index < -0.39 is 0 Å². The smallest absolute Gasteiger partial charge is 0.151 e. The molecule has 4 rings (SSSR count). The molecule has 0 fully saturated rings. The SMILES string of the molecule is COc1ccc(C2=N/C(=C(\C#N)c3ccccn3)Nc3cc(OC)ccc32)cc1. The lowest BCUT2D eigenvalue weighted by Crippen LogP contribution is -2.17. The number of hydrogen-bond donors (Lipinski definition) is 1. The van der Waals surface area contributed by atoms with Gasteiger partial charge in [0.1, 0.15) is 23.1 Å². The third-order valence-electron chi connectivity index (χ3n) is 4.59. The lowest BCUT2D eigenvalue weighted by molar-refractivity contribution is 0.415. The first-order valence-corrected chi connectivity index (χ1v) is 8.98. The molecule has 29 heavy (non-hydrogen) atoms. The first kappa shape index (κ1) is 18.3. The Morgan fingerprint density at radius 1 is 0.966 bits per heavy atom. The molecule has 0 bridgehead atoms. The minimum Gasteiger partial charge on any atom is -0.497 e. The normalized spacial score (nSPS) is 14.0. The van der Waals surface area contributed by atoms with Crippen molar-refractivity contribution in [2.24, 2.45) is 4.99 Å². The van der Waals surface area contributed by atoms with E-state index >= 15 is 0 Å². The number of nitrogens with one attached hydrogen (secondary N) is 1. The molecule has 0 spiro atoms. The second-order valence-electron chi connectivity index (χ2n) is 6.28. The quantitative estimate of drug-likeness (QED) is 0.682. The number of hydrogen-bond acceptors (Lipinski definition) is 6. The van der Waals surface area contributed by atoms with Crippen LogP contribution in [0.1, 0.15) is 16.8 Å². The van der Waals surface area contributed by atoms with E-state index in [1.807, 2.05) is 54.6 Å². The van der Waals surface area contributed by atoms with Crippen LogP contribution in [-0.2, 0) is 0 Å². The number of allylic oxidation sites excluding steroid dienone is 1. The van der Waals surface area contributed by atoms with Crippen LogP contribution in [0.2, 0.25) is 0 Å². The molecule has 142 valence electrons. The van der Waals surface area contributed by atoms with Crippen LogP contribution in [-0.4, -0.2) is 24.9 Å². The zero-order chi connectivity index (χ0) is 20.2. The van der Waals surface area contributed by atoms with Gasteiger partial charge in [-0.1, -0.05) is 6.07 Å². The fourth-order valence-electron chi connectivity index (χ4n) is 3.12. The molecule has 1 N–H and O–H groups in total. The molecule has 2 heterocycles. The van der Waals surface area contributed by atoms with E-state index in [-0.39, 0.29) is 0 Å². The van der Waals surface area contributed by atoms with Gasteiger partial charge >= 0.3 is 0 Å². The van der Waals surface area contributed by atoms with Gasteiger partial charge in [-0.25, -0.2) is 4.99 Å². The Bertz CT molecular complexity index is 1140. The van der Waals surface area contributed by atoms with Gasteiger partial charge in [0.05, 0.1) is 31.3 Å². The highest BCUT2D eigenvalue weighted by Gasteiger charge is 2.22. The number of methoxy groups -OCH3 is 2. The molecule has 0 saturated heterocycles. The average Bonchev–Trinajstić information content (AvgIpc) is 2.79.